The van der Waals surface area contributed by atoms with Gasteiger partial charge in [0.1, 0.15) is 5.82 Å². The molecule has 1 heterocycles. The van der Waals surface area contributed by atoms with Crippen LogP contribution in [0.4, 0.5) is 4.39 Å². The average Bonchev–Trinajstić information content (AvgIpc) is 2.74. The Morgan fingerprint density at radius 1 is 1.50 bits per heavy atom. The molecular weight excluding hydrogens is 229 g/mol. The molecule has 0 bridgehead atoms. The van der Waals surface area contributed by atoms with Crippen LogP contribution in [-0.4, -0.2) is 24.8 Å². The van der Waals surface area contributed by atoms with E-state index in [2.05, 4.69) is 5.32 Å². The van der Waals surface area contributed by atoms with Crippen LogP contribution in [-0.2, 0) is 6.42 Å². The number of aliphatic hydroxyl groups is 1. The van der Waals surface area contributed by atoms with Gasteiger partial charge in [0.25, 0.3) is 0 Å². The summed E-state index contributed by atoms with van der Waals surface area (Å²) in [5.74, 6) is -0.358. The van der Waals surface area contributed by atoms with Gasteiger partial charge in [-0.2, -0.15) is 0 Å². The van der Waals surface area contributed by atoms with Crippen LogP contribution >= 0.6 is 11.6 Å². The van der Waals surface area contributed by atoms with Crippen LogP contribution in [0.5, 0.6) is 0 Å². The topological polar surface area (TPSA) is 32.3 Å². The maximum Gasteiger partial charge on any atom is 0.144 e. The minimum atomic E-state index is -0.358. The van der Waals surface area contributed by atoms with Crippen molar-refractivity contribution in [3.63, 3.8) is 0 Å². The van der Waals surface area contributed by atoms with Crippen LogP contribution in [0, 0.1) is 11.2 Å². The highest BCUT2D eigenvalue weighted by Gasteiger charge is 2.34. The average molecular weight is 244 g/mol. The molecule has 2 rings (SSSR count). The Morgan fingerprint density at radius 3 is 2.94 bits per heavy atom. The van der Waals surface area contributed by atoms with Gasteiger partial charge in [0.05, 0.1) is 11.6 Å². The summed E-state index contributed by atoms with van der Waals surface area (Å²) >= 11 is 5.73. The molecule has 0 saturated carbocycles. The van der Waals surface area contributed by atoms with E-state index in [1.54, 1.807) is 18.2 Å². The van der Waals surface area contributed by atoms with E-state index < -0.39 is 0 Å². The van der Waals surface area contributed by atoms with Crippen LogP contribution in [0.15, 0.2) is 18.2 Å². The minimum Gasteiger partial charge on any atom is -0.396 e. The fraction of sp³-hybridized carbons (Fsp3) is 0.500. The number of hydrogen-bond acceptors (Lipinski definition) is 2. The number of aliphatic hydroxyl groups excluding tert-OH is 1. The number of benzene rings is 1. The Labute approximate surface area is 99.4 Å². The first kappa shape index (κ1) is 11.8. The molecule has 0 aliphatic carbocycles. The van der Waals surface area contributed by atoms with E-state index in [4.69, 9.17) is 11.6 Å². The lowest BCUT2D eigenvalue weighted by molar-refractivity contribution is 0.142. The molecule has 4 heteroatoms. The third kappa shape index (κ3) is 2.21. The van der Waals surface area contributed by atoms with Crippen molar-refractivity contribution in [2.24, 2.45) is 5.41 Å². The summed E-state index contributed by atoms with van der Waals surface area (Å²) in [5.41, 5.74) is 0.358. The summed E-state index contributed by atoms with van der Waals surface area (Å²) < 4.78 is 13.7. The number of hydrogen-bond donors (Lipinski definition) is 2. The van der Waals surface area contributed by atoms with Crippen molar-refractivity contribution < 1.29 is 9.50 Å². The smallest absolute Gasteiger partial charge is 0.144 e. The van der Waals surface area contributed by atoms with Gasteiger partial charge in [0.15, 0.2) is 0 Å². The van der Waals surface area contributed by atoms with Crippen LogP contribution in [0.1, 0.15) is 12.0 Å². The zero-order chi connectivity index (χ0) is 11.6. The maximum absolute atomic E-state index is 13.7. The molecule has 0 spiro atoms. The molecule has 1 atom stereocenters. The molecule has 1 aliphatic rings. The summed E-state index contributed by atoms with van der Waals surface area (Å²) in [6, 6.07) is 5.02. The predicted molar refractivity (Wildman–Crippen MR) is 62.1 cm³/mol. The van der Waals surface area contributed by atoms with Gasteiger partial charge in [-0.05, 0) is 31.0 Å². The summed E-state index contributed by atoms with van der Waals surface area (Å²) in [6.07, 6.45) is 1.40. The molecule has 0 amide bonds. The highest BCUT2D eigenvalue weighted by Crippen LogP contribution is 2.31. The second kappa shape index (κ2) is 4.70. The van der Waals surface area contributed by atoms with Crippen molar-refractivity contribution >= 4 is 11.6 Å². The summed E-state index contributed by atoms with van der Waals surface area (Å²) in [5, 5.41) is 12.8. The Balaban J connectivity index is 2.22. The Hall–Kier alpha value is -0.640. The molecule has 0 radical (unpaired) electrons. The Bertz CT molecular complexity index is 377. The first-order chi connectivity index (χ1) is 7.67. The van der Waals surface area contributed by atoms with Gasteiger partial charge in [-0.1, -0.05) is 23.7 Å². The molecule has 1 fully saturated rings. The van der Waals surface area contributed by atoms with Crippen molar-refractivity contribution in [1.82, 2.24) is 5.32 Å². The van der Waals surface area contributed by atoms with Gasteiger partial charge in [-0.25, -0.2) is 4.39 Å². The number of rotatable bonds is 3. The summed E-state index contributed by atoms with van der Waals surface area (Å²) in [7, 11) is 0. The highest BCUT2D eigenvalue weighted by atomic mass is 35.5. The second-order valence-electron chi connectivity index (χ2n) is 4.47. The predicted octanol–water partition coefficient (Wildman–Crippen LogP) is 1.99. The van der Waals surface area contributed by atoms with E-state index >= 15 is 0 Å². The van der Waals surface area contributed by atoms with Gasteiger partial charge < -0.3 is 10.4 Å². The van der Waals surface area contributed by atoms with Gasteiger partial charge in [-0.15, -0.1) is 0 Å². The molecule has 2 nitrogen and oxygen atoms in total. The van der Waals surface area contributed by atoms with Crippen molar-refractivity contribution in [1.29, 1.82) is 0 Å². The van der Waals surface area contributed by atoms with Crippen molar-refractivity contribution in [2.75, 3.05) is 19.7 Å². The SMILES string of the molecule is OCC1(Cc2cccc(Cl)c2F)CCNC1. The van der Waals surface area contributed by atoms with Crippen molar-refractivity contribution in [3.05, 3.63) is 34.6 Å². The molecule has 0 aromatic heterocycles. The van der Waals surface area contributed by atoms with E-state index in [0.29, 0.717) is 12.0 Å². The monoisotopic (exact) mass is 243 g/mol. The number of halogens is 2. The highest BCUT2D eigenvalue weighted by molar-refractivity contribution is 6.30. The van der Waals surface area contributed by atoms with Crippen molar-refractivity contribution in [2.45, 2.75) is 12.8 Å². The summed E-state index contributed by atoms with van der Waals surface area (Å²) in [6.45, 7) is 1.68. The lowest BCUT2D eigenvalue weighted by Crippen LogP contribution is -2.31. The minimum absolute atomic E-state index is 0.0754. The molecule has 88 valence electrons. The van der Waals surface area contributed by atoms with Crippen molar-refractivity contribution in [3.8, 4) is 0 Å². The second-order valence-corrected chi connectivity index (χ2v) is 4.88. The zero-order valence-corrected chi connectivity index (χ0v) is 9.73. The quantitative estimate of drug-likeness (QED) is 0.851. The zero-order valence-electron chi connectivity index (χ0n) is 8.97. The maximum atomic E-state index is 13.7. The molecule has 1 aromatic carbocycles. The normalized spacial score (nSPS) is 24.9. The van der Waals surface area contributed by atoms with Crippen LogP contribution in [0.3, 0.4) is 0 Å². The molecule has 1 unspecified atom stereocenters. The first-order valence-corrected chi connectivity index (χ1v) is 5.79. The Morgan fingerprint density at radius 2 is 2.31 bits per heavy atom. The van der Waals surface area contributed by atoms with Crippen LogP contribution in [0.2, 0.25) is 5.02 Å². The molecular formula is C12H15ClFNO. The van der Waals surface area contributed by atoms with Gasteiger partial charge in [-0.3, -0.25) is 0 Å². The van der Waals surface area contributed by atoms with E-state index in [9.17, 15) is 9.50 Å². The summed E-state index contributed by atoms with van der Waals surface area (Å²) in [4.78, 5) is 0. The lowest BCUT2D eigenvalue weighted by atomic mass is 9.81. The van der Waals surface area contributed by atoms with Crippen LogP contribution in [0.25, 0.3) is 0 Å². The fourth-order valence-electron chi connectivity index (χ4n) is 2.23. The van der Waals surface area contributed by atoms with E-state index in [1.165, 1.54) is 0 Å². The van der Waals surface area contributed by atoms with Gasteiger partial charge in [0.2, 0.25) is 0 Å². The molecule has 1 saturated heterocycles. The van der Waals surface area contributed by atoms with E-state index in [-0.39, 0.29) is 22.9 Å². The third-order valence-electron chi connectivity index (χ3n) is 3.26. The van der Waals surface area contributed by atoms with Crippen LogP contribution < -0.4 is 5.32 Å². The van der Waals surface area contributed by atoms with Gasteiger partial charge >= 0.3 is 0 Å². The standard InChI is InChI=1S/C12H15ClFNO/c13-10-3-1-2-9(11(10)14)6-12(8-16)4-5-15-7-12/h1-3,15-16H,4-8H2. The largest absolute Gasteiger partial charge is 0.396 e. The molecule has 2 N–H and O–H groups in total. The molecule has 1 aliphatic heterocycles. The molecule has 1 aromatic rings. The molecule has 16 heavy (non-hydrogen) atoms. The fourth-order valence-corrected chi connectivity index (χ4v) is 2.42. The van der Waals surface area contributed by atoms with E-state index in [0.717, 1.165) is 19.5 Å². The third-order valence-corrected chi connectivity index (χ3v) is 3.56. The lowest BCUT2D eigenvalue weighted by Gasteiger charge is -2.25. The first-order valence-electron chi connectivity index (χ1n) is 5.41. The Kier molecular flexibility index (Phi) is 3.47. The number of nitrogens with one attached hydrogen (secondary N) is 1. The van der Waals surface area contributed by atoms with E-state index in [1.807, 2.05) is 0 Å². The van der Waals surface area contributed by atoms with Gasteiger partial charge in [0, 0.05) is 12.0 Å².